The van der Waals surface area contributed by atoms with Gasteiger partial charge in [-0.2, -0.15) is 0 Å². The molecular weight excluding hydrogens is 176 g/mol. The van der Waals surface area contributed by atoms with Crippen LogP contribution in [0.5, 0.6) is 0 Å². The van der Waals surface area contributed by atoms with E-state index in [1.54, 1.807) is 0 Å². The van der Waals surface area contributed by atoms with E-state index >= 15 is 0 Å². The molecule has 1 aromatic carbocycles. The lowest BCUT2D eigenvalue weighted by molar-refractivity contribution is -0.115. The molecule has 1 N–H and O–H groups in total. The number of fused-ring (bicyclic) bond motifs is 1. The zero-order valence-corrected chi connectivity index (χ0v) is 8.29. The van der Waals surface area contributed by atoms with E-state index in [2.05, 4.69) is 10.3 Å². The minimum Gasteiger partial charge on any atom is -0.324 e. The number of nitrogens with one attached hydrogen (secondary N) is 1. The van der Waals surface area contributed by atoms with Gasteiger partial charge in [0.2, 0.25) is 5.91 Å². The van der Waals surface area contributed by atoms with Gasteiger partial charge in [0.1, 0.15) is 0 Å². The molecule has 0 aliphatic carbocycles. The van der Waals surface area contributed by atoms with Gasteiger partial charge in [-0.25, -0.2) is 0 Å². The molecule has 1 aromatic rings. The predicted molar refractivity (Wildman–Crippen MR) is 57.2 cm³/mol. The Morgan fingerprint density at radius 2 is 2.14 bits per heavy atom. The van der Waals surface area contributed by atoms with E-state index in [4.69, 9.17) is 0 Å². The fourth-order valence-corrected chi connectivity index (χ4v) is 1.52. The highest BCUT2D eigenvalue weighted by Crippen LogP contribution is 2.28. The number of aryl methyl sites for hydroxylation is 1. The third-order valence-electron chi connectivity index (χ3n) is 2.15. The molecule has 0 spiro atoms. The number of rotatable bonds is 0. The highest BCUT2D eigenvalue weighted by molar-refractivity contribution is 6.09. The van der Waals surface area contributed by atoms with E-state index in [1.807, 2.05) is 32.0 Å². The number of aliphatic imine (C=N–C) groups is 1. The van der Waals surface area contributed by atoms with Crippen LogP contribution in [-0.2, 0) is 4.79 Å². The molecule has 1 aliphatic heterocycles. The number of carbonyl (C=O) groups excluding carboxylic acids is 1. The summed E-state index contributed by atoms with van der Waals surface area (Å²) in [4.78, 5) is 15.7. The van der Waals surface area contributed by atoms with Crippen molar-refractivity contribution in [2.75, 3.05) is 5.32 Å². The maximum Gasteiger partial charge on any atom is 0.230 e. The third-order valence-corrected chi connectivity index (χ3v) is 2.15. The Kier molecular flexibility index (Phi) is 2.08. The first kappa shape index (κ1) is 8.94. The summed E-state index contributed by atoms with van der Waals surface area (Å²) in [6.07, 6.45) is 0.383. The third kappa shape index (κ3) is 1.66. The second-order valence-electron chi connectivity index (χ2n) is 3.59. The second-order valence-corrected chi connectivity index (χ2v) is 3.59. The minimum atomic E-state index is 0.00981. The molecule has 3 heteroatoms. The second kappa shape index (κ2) is 3.25. The molecule has 1 heterocycles. The van der Waals surface area contributed by atoms with Gasteiger partial charge in [0.05, 0.1) is 17.8 Å². The summed E-state index contributed by atoms with van der Waals surface area (Å²) in [6.45, 7) is 3.86. The van der Waals surface area contributed by atoms with Gasteiger partial charge in [-0.3, -0.25) is 9.79 Å². The van der Waals surface area contributed by atoms with E-state index in [1.165, 1.54) is 0 Å². The monoisotopic (exact) mass is 188 g/mol. The molecule has 0 atom stereocenters. The summed E-state index contributed by atoms with van der Waals surface area (Å²) in [6, 6.07) is 5.86. The topological polar surface area (TPSA) is 41.5 Å². The number of hydrogen-bond donors (Lipinski definition) is 1. The predicted octanol–water partition coefficient (Wildman–Crippen LogP) is 2.43. The Morgan fingerprint density at radius 1 is 1.36 bits per heavy atom. The lowest BCUT2D eigenvalue weighted by Gasteiger charge is -2.04. The van der Waals surface area contributed by atoms with Crippen molar-refractivity contribution in [1.82, 2.24) is 0 Å². The van der Waals surface area contributed by atoms with Crippen LogP contribution in [0.2, 0.25) is 0 Å². The Morgan fingerprint density at radius 3 is 2.93 bits per heavy atom. The summed E-state index contributed by atoms with van der Waals surface area (Å²) in [5.74, 6) is 0.00981. The van der Waals surface area contributed by atoms with Crippen molar-refractivity contribution in [3.8, 4) is 0 Å². The molecule has 3 nitrogen and oxygen atoms in total. The molecule has 0 aromatic heterocycles. The van der Waals surface area contributed by atoms with E-state index in [9.17, 15) is 4.79 Å². The van der Waals surface area contributed by atoms with Gasteiger partial charge in [0.15, 0.2) is 0 Å². The Labute approximate surface area is 82.9 Å². The fraction of sp³-hybridized carbons (Fsp3) is 0.273. The molecule has 1 amide bonds. The quantitative estimate of drug-likeness (QED) is 0.667. The first-order valence-electron chi connectivity index (χ1n) is 4.60. The van der Waals surface area contributed by atoms with Crippen LogP contribution in [0.25, 0.3) is 0 Å². The lowest BCUT2D eigenvalue weighted by Crippen LogP contribution is -2.12. The van der Waals surface area contributed by atoms with Crippen LogP contribution in [0.4, 0.5) is 11.4 Å². The first-order valence-corrected chi connectivity index (χ1v) is 4.60. The molecule has 0 fully saturated rings. The van der Waals surface area contributed by atoms with Crippen LogP contribution >= 0.6 is 0 Å². The van der Waals surface area contributed by atoms with Crippen molar-refractivity contribution in [1.29, 1.82) is 0 Å². The van der Waals surface area contributed by atoms with Crippen molar-refractivity contribution in [3.05, 3.63) is 23.8 Å². The fourth-order valence-electron chi connectivity index (χ4n) is 1.52. The zero-order chi connectivity index (χ0) is 10.1. The summed E-state index contributed by atoms with van der Waals surface area (Å²) in [7, 11) is 0. The maximum absolute atomic E-state index is 11.4. The van der Waals surface area contributed by atoms with Gasteiger partial charge in [-0.05, 0) is 31.5 Å². The summed E-state index contributed by atoms with van der Waals surface area (Å²) in [5.41, 5.74) is 3.63. The number of hydrogen-bond acceptors (Lipinski definition) is 2. The normalized spacial score (nSPS) is 15.3. The van der Waals surface area contributed by atoms with Crippen molar-refractivity contribution in [3.63, 3.8) is 0 Å². The molecule has 1 aliphatic rings. The van der Waals surface area contributed by atoms with Crippen LogP contribution in [0.15, 0.2) is 23.2 Å². The van der Waals surface area contributed by atoms with Gasteiger partial charge in [-0.1, -0.05) is 6.07 Å². The standard InChI is InChI=1S/C11H12N2O/c1-7-3-4-9-10(5-7)13-11(14)6-8(2)12-9/h3-5H,6H2,1-2H3,(H,13,14). The van der Waals surface area contributed by atoms with Crippen LogP contribution in [0.3, 0.4) is 0 Å². The Balaban J connectivity index is 2.53. The summed E-state index contributed by atoms with van der Waals surface area (Å²) < 4.78 is 0. The van der Waals surface area contributed by atoms with E-state index in [0.717, 1.165) is 22.6 Å². The van der Waals surface area contributed by atoms with Crippen LogP contribution in [-0.4, -0.2) is 11.6 Å². The number of nitrogens with zero attached hydrogens (tertiary/aromatic N) is 1. The van der Waals surface area contributed by atoms with E-state index < -0.39 is 0 Å². The Hall–Kier alpha value is -1.64. The molecule has 2 rings (SSSR count). The molecule has 14 heavy (non-hydrogen) atoms. The van der Waals surface area contributed by atoms with Crippen molar-refractivity contribution in [2.45, 2.75) is 20.3 Å². The number of anilines is 1. The number of carbonyl (C=O) groups is 1. The highest BCUT2D eigenvalue weighted by atomic mass is 16.1. The lowest BCUT2D eigenvalue weighted by atomic mass is 10.2. The zero-order valence-electron chi connectivity index (χ0n) is 8.29. The van der Waals surface area contributed by atoms with Gasteiger partial charge >= 0.3 is 0 Å². The SMILES string of the molecule is CC1=Nc2ccc(C)cc2NC(=O)C1. The maximum atomic E-state index is 11.4. The van der Waals surface area contributed by atoms with Gasteiger partial charge in [0, 0.05) is 5.71 Å². The van der Waals surface area contributed by atoms with Crippen LogP contribution < -0.4 is 5.32 Å². The molecule has 0 radical (unpaired) electrons. The van der Waals surface area contributed by atoms with Crippen LogP contribution in [0.1, 0.15) is 18.9 Å². The van der Waals surface area contributed by atoms with Gasteiger partial charge in [0.25, 0.3) is 0 Å². The Bertz CT molecular complexity index is 421. The van der Waals surface area contributed by atoms with Gasteiger partial charge < -0.3 is 5.32 Å². The molecular formula is C11H12N2O. The molecule has 0 saturated heterocycles. The molecule has 72 valence electrons. The van der Waals surface area contributed by atoms with Gasteiger partial charge in [-0.15, -0.1) is 0 Å². The van der Waals surface area contributed by atoms with Crippen LogP contribution in [0, 0.1) is 6.92 Å². The highest BCUT2D eigenvalue weighted by Gasteiger charge is 2.12. The minimum absolute atomic E-state index is 0.00981. The van der Waals surface area contributed by atoms with Crippen molar-refractivity contribution >= 4 is 23.0 Å². The average Bonchev–Trinajstić information content (AvgIpc) is 2.21. The van der Waals surface area contributed by atoms with E-state index in [0.29, 0.717) is 6.42 Å². The summed E-state index contributed by atoms with van der Waals surface area (Å²) in [5, 5.41) is 2.84. The summed E-state index contributed by atoms with van der Waals surface area (Å²) >= 11 is 0. The number of amides is 1. The molecule has 0 unspecified atom stereocenters. The van der Waals surface area contributed by atoms with E-state index in [-0.39, 0.29) is 5.91 Å². The molecule has 0 saturated carbocycles. The largest absolute Gasteiger partial charge is 0.324 e. The number of benzene rings is 1. The first-order chi connectivity index (χ1) is 6.65. The molecule has 0 bridgehead atoms. The van der Waals surface area contributed by atoms with Crippen molar-refractivity contribution in [2.24, 2.45) is 4.99 Å². The van der Waals surface area contributed by atoms with Crippen molar-refractivity contribution < 1.29 is 4.79 Å². The average molecular weight is 188 g/mol. The smallest absolute Gasteiger partial charge is 0.230 e.